The SMILES string of the molecule is CCCCNC(=S)N1CCn2cccc2[C@H]1c1ccc(OCC)cc1. The highest BCUT2D eigenvalue weighted by atomic mass is 32.1. The van der Waals surface area contributed by atoms with Gasteiger partial charge in [0.1, 0.15) is 5.75 Å². The Balaban J connectivity index is 1.86. The topological polar surface area (TPSA) is 29.4 Å². The monoisotopic (exact) mass is 357 g/mol. The summed E-state index contributed by atoms with van der Waals surface area (Å²) in [7, 11) is 0. The number of aromatic nitrogens is 1. The van der Waals surface area contributed by atoms with Gasteiger partial charge >= 0.3 is 0 Å². The van der Waals surface area contributed by atoms with Crippen molar-refractivity contribution in [3.8, 4) is 5.75 Å². The van der Waals surface area contributed by atoms with Crippen LogP contribution in [0.1, 0.15) is 44.0 Å². The zero-order chi connectivity index (χ0) is 17.6. The second-order valence-corrected chi connectivity index (χ2v) is 6.70. The van der Waals surface area contributed by atoms with E-state index in [2.05, 4.69) is 52.2 Å². The fraction of sp³-hybridized carbons (Fsp3) is 0.450. The minimum absolute atomic E-state index is 0.140. The number of nitrogens with zero attached hydrogens (tertiary/aromatic N) is 2. The maximum absolute atomic E-state index is 5.72. The lowest BCUT2D eigenvalue weighted by molar-refractivity contribution is 0.285. The molecule has 4 nitrogen and oxygen atoms in total. The van der Waals surface area contributed by atoms with Gasteiger partial charge in [-0.2, -0.15) is 0 Å². The number of benzene rings is 1. The van der Waals surface area contributed by atoms with Gasteiger partial charge in [-0.05, 0) is 55.4 Å². The van der Waals surface area contributed by atoms with Crippen molar-refractivity contribution in [2.45, 2.75) is 39.3 Å². The Morgan fingerprint density at radius 3 is 2.72 bits per heavy atom. The molecule has 134 valence electrons. The summed E-state index contributed by atoms with van der Waals surface area (Å²) < 4.78 is 7.91. The molecule has 2 aromatic rings. The van der Waals surface area contributed by atoms with Gasteiger partial charge in [0, 0.05) is 31.5 Å². The lowest BCUT2D eigenvalue weighted by Crippen LogP contribution is -2.47. The predicted octanol–water partition coefficient (Wildman–Crippen LogP) is 3.97. The summed E-state index contributed by atoms with van der Waals surface area (Å²) in [6.07, 6.45) is 4.46. The Morgan fingerprint density at radius 2 is 2.00 bits per heavy atom. The molecule has 3 rings (SSSR count). The number of unbranched alkanes of at least 4 members (excludes halogenated alkanes) is 1. The average molecular weight is 358 g/mol. The van der Waals surface area contributed by atoms with E-state index in [0.717, 1.165) is 36.9 Å². The second kappa shape index (κ2) is 8.39. The summed E-state index contributed by atoms with van der Waals surface area (Å²) in [5, 5.41) is 4.28. The van der Waals surface area contributed by atoms with E-state index in [9.17, 15) is 0 Å². The Kier molecular flexibility index (Phi) is 5.97. The molecule has 0 saturated heterocycles. The van der Waals surface area contributed by atoms with Crippen molar-refractivity contribution in [3.63, 3.8) is 0 Å². The van der Waals surface area contributed by atoms with Gasteiger partial charge in [-0.1, -0.05) is 25.5 Å². The fourth-order valence-corrected chi connectivity index (χ4v) is 3.64. The molecule has 1 N–H and O–H groups in total. The van der Waals surface area contributed by atoms with Crippen molar-refractivity contribution in [1.29, 1.82) is 0 Å². The van der Waals surface area contributed by atoms with Crippen molar-refractivity contribution in [2.24, 2.45) is 0 Å². The standard InChI is InChI=1S/C20H27N3OS/c1-3-5-12-21-20(25)23-15-14-22-13-6-7-18(22)19(23)16-8-10-17(11-9-16)24-4-2/h6-11,13,19H,3-5,12,14-15H2,1-2H3,(H,21,25)/t19-/m1/s1. The van der Waals surface area contributed by atoms with E-state index in [1.165, 1.54) is 17.7 Å². The summed E-state index contributed by atoms with van der Waals surface area (Å²) in [6.45, 7) is 7.69. The first-order valence-corrected chi connectivity index (χ1v) is 9.57. The van der Waals surface area contributed by atoms with Gasteiger partial charge in [0.05, 0.1) is 12.6 Å². The molecule has 0 spiro atoms. The summed E-state index contributed by atoms with van der Waals surface area (Å²) in [4.78, 5) is 2.32. The van der Waals surface area contributed by atoms with Gasteiger partial charge < -0.3 is 19.5 Å². The molecule has 0 fully saturated rings. The van der Waals surface area contributed by atoms with E-state index in [1.807, 2.05) is 19.1 Å². The van der Waals surface area contributed by atoms with Crippen LogP contribution in [0.3, 0.4) is 0 Å². The van der Waals surface area contributed by atoms with Crippen LogP contribution in [0.25, 0.3) is 0 Å². The van der Waals surface area contributed by atoms with Gasteiger partial charge in [-0.15, -0.1) is 0 Å². The molecule has 1 aliphatic rings. The van der Waals surface area contributed by atoms with Crippen molar-refractivity contribution >= 4 is 17.3 Å². The number of hydrogen-bond donors (Lipinski definition) is 1. The average Bonchev–Trinajstić information content (AvgIpc) is 3.11. The first kappa shape index (κ1) is 17.8. The van der Waals surface area contributed by atoms with E-state index >= 15 is 0 Å². The molecule has 1 aliphatic heterocycles. The summed E-state index contributed by atoms with van der Waals surface area (Å²) in [5.41, 5.74) is 2.53. The molecule has 0 amide bonds. The van der Waals surface area contributed by atoms with Crippen LogP contribution in [-0.4, -0.2) is 34.3 Å². The largest absolute Gasteiger partial charge is 0.494 e. The van der Waals surface area contributed by atoms with E-state index in [0.29, 0.717) is 6.61 Å². The molecule has 1 aromatic carbocycles. The van der Waals surface area contributed by atoms with Gasteiger partial charge in [0.2, 0.25) is 0 Å². The Morgan fingerprint density at radius 1 is 1.20 bits per heavy atom. The fourth-order valence-electron chi connectivity index (χ4n) is 3.34. The first-order chi connectivity index (χ1) is 12.2. The number of fused-ring (bicyclic) bond motifs is 1. The maximum atomic E-state index is 5.72. The van der Waals surface area contributed by atoms with Crippen LogP contribution in [0.2, 0.25) is 0 Å². The molecule has 0 bridgehead atoms. The van der Waals surface area contributed by atoms with Gasteiger partial charge in [-0.3, -0.25) is 0 Å². The van der Waals surface area contributed by atoms with Crippen molar-refractivity contribution in [1.82, 2.24) is 14.8 Å². The smallest absolute Gasteiger partial charge is 0.169 e. The molecule has 0 radical (unpaired) electrons. The lowest BCUT2D eigenvalue weighted by atomic mass is 10.00. The molecule has 1 atom stereocenters. The molecular weight excluding hydrogens is 330 g/mol. The van der Waals surface area contributed by atoms with Gasteiger partial charge in [-0.25, -0.2) is 0 Å². The molecular formula is C20H27N3OS. The summed E-state index contributed by atoms with van der Waals surface area (Å²) in [6, 6.07) is 12.9. The summed E-state index contributed by atoms with van der Waals surface area (Å²) in [5.74, 6) is 0.910. The maximum Gasteiger partial charge on any atom is 0.169 e. The van der Waals surface area contributed by atoms with Gasteiger partial charge in [0.25, 0.3) is 0 Å². The number of ether oxygens (including phenoxy) is 1. The van der Waals surface area contributed by atoms with Crippen LogP contribution in [0.4, 0.5) is 0 Å². The van der Waals surface area contributed by atoms with Crippen molar-refractivity contribution in [2.75, 3.05) is 19.7 Å². The van der Waals surface area contributed by atoms with Crippen LogP contribution in [0, 0.1) is 0 Å². The molecule has 2 heterocycles. The highest BCUT2D eigenvalue weighted by Crippen LogP contribution is 2.33. The zero-order valence-electron chi connectivity index (χ0n) is 15.1. The number of rotatable bonds is 6. The highest BCUT2D eigenvalue weighted by molar-refractivity contribution is 7.80. The van der Waals surface area contributed by atoms with Crippen LogP contribution < -0.4 is 10.1 Å². The molecule has 25 heavy (non-hydrogen) atoms. The Labute approximate surface area is 155 Å². The first-order valence-electron chi connectivity index (χ1n) is 9.16. The van der Waals surface area contributed by atoms with E-state index in [4.69, 9.17) is 17.0 Å². The third-order valence-corrected chi connectivity index (χ3v) is 4.99. The molecule has 5 heteroatoms. The molecule has 0 aliphatic carbocycles. The molecule has 0 unspecified atom stereocenters. The lowest BCUT2D eigenvalue weighted by Gasteiger charge is -2.39. The van der Waals surface area contributed by atoms with E-state index in [1.54, 1.807) is 0 Å². The Hall–Kier alpha value is -2.01. The van der Waals surface area contributed by atoms with E-state index < -0.39 is 0 Å². The third-order valence-electron chi connectivity index (χ3n) is 4.61. The van der Waals surface area contributed by atoms with E-state index in [-0.39, 0.29) is 6.04 Å². The third kappa shape index (κ3) is 3.98. The van der Waals surface area contributed by atoms with Gasteiger partial charge in [0.15, 0.2) is 5.11 Å². The summed E-state index contributed by atoms with van der Waals surface area (Å²) >= 11 is 5.72. The van der Waals surface area contributed by atoms with Crippen molar-refractivity contribution in [3.05, 3.63) is 53.9 Å². The minimum atomic E-state index is 0.140. The second-order valence-electron chi connectivity index (χ2n) is 6.31. The predicted molar refractivity (Wildman–Crippen MR) is 106 cm³/mol. The van der Waals surface area contributed by atoms with Crippen LogP contribution >= 0.6 is 12.2 Å². The van der Waals surface area contributed by atoms with Crippen LogP contribution in [0.5, 0.6) is 5.75 Å². The zero-order valence-corrected chi connectivity index (χ0v) is 15.9. The van der Waals surface area contributed by atoms with Crippen molar-refractivity contribution < 1.29 is 4.74 Å². The molecule has 0 saturated carbocycles. The van der Waals surface area contributed by atoms with Crippen LogP contribution in [0.15, 0.2) is 42.6 Å². The highest BCUT2D eigenvalue weighted by Gasteiger charge is 2.30. The molecule has 1 aromatic heterocycles. The number of nitrogens with one attached hydrogen (secondary N) is 1. The normalized spacial score (nSPS) is 16.4. The number of hydrogen-bond acceptors (Lipinski definition) is 2. The van der Waals surface area contributed by atoms with Crippen LogP contribution in [-0.2, 0) is 6.54 Å². The minimum Gasteiger partial charge on any atom is -0.494 e. The quantitative estimate of drug-likeness (QED) is 0.626. The Bertz CT molecular complexity index is 695. The number of thiocarbonyl (C=S) groups is 1.